The number of ether oxygens (including phenoxy) is 2. The Balaban J connectivity index is 1.75. The molecule has 2 saturated heterocycles. The van der Waals surface area contributed by atoms with E-state index in [1.165, 1.54) is 6.42 Å². The van der Waals surface area contributed by atoms with Gasteiger partial charge in [-0.3, -0.25) is 9.59 Å². The summed E-state index contributed by atoms with van der Waals surface area (Å²) in [7, 11) is 0. The van der Waals surface area contributed by atoms with E-state index < -0.39 is 5.60 Å². The van der Waals surface area contributed by atoms with Crippen molar-refractivity contribution in [3.05, 3.63) is 28.8 Å². The molecule has 172 valence electrons. The lowest BCUT2D eigenvalue weighted by atomic mass is 9.95. The molecule has 0 aliphatic carbocycles. The summed E-state index contributed by atoms with van der Waals surface area (Å²) in [4.78, 5) is 29.6. The second-order valence-electron chi connectivity index (χ2n) is 9.26. The first-order valence-electron chi connectivity index (χ1n) is 11.4. The predicted molar refractivity (Wildman–Crippen MR) is 121 cm³/mol. The van der Waals surface area contributed by atoms with Crippen LogP contribution in [0.2, 0.25) is 5.02 Å². The summed E-state index contributed by atoms with van der Waals surface area (Å²) in [5.41, 5.74) is 0.0726. The molecule has 0 spiro atoms. The van der Waals surface area contributed by atoms with Gasteiger partial charge in [-0.25, -0.2) is 0 Å². The zero-order valence-electron chi connectivity index (χ0n) is 19.0. The monoisotopic (exact) mass is 450 g/mol. The van der Waals surface area contributed by atoms with Crippen LogP contribution in [0.5, 0.6) is 5.75 Å². The topological polar surface area (TPSA) is 59.1 Å². The summed E-state index contributed by atoms with van der Waals surface area (Å²) in [6.45, 7) is 9.11. The number of benzene rings is 1. The van der Waals surface area contributed by atoms with Crippen LogP contribution in [-0.2, 0) is 14.3 Å². The summed E-state index contributed by atoms with van der Waals surface area (Å²) in [5, 5.41) is 0.682. The van der Waals surface area contributed by atoms with E-state index >= 15 is 0 Å². The Morgan fingerprint density at radius 3 is 2.55 bits per heavy atom. The van der Waals surface area contributed by atoms with Crippen LogP contribution >= 0.6 is 11.6 Å². The van der Waals surface area contributed by atoms with E-state index in [4.69, 9.17) is 21.1 Å². The third-order valence-electron chi connectivity index (χ3n) is 6.00. The number of likely N-dealkylation sites (tertiary alicyclic amines) is 1. The van der Waals surface area contributed by atoms with Crippen LogP contribution in [0.25, 0.3) is 0 Å². The number of aryl methyl sites for hydroxylation is 1. The van der Waals surface area contributed by atoms with Gasteiger partial charge in [0.05, 0.1) is 19.6 Å². The summed E-state index contributed by atoms with van der Waals surface area (Å²) in [5.74, 6) is 1.15. The molecule has 0 N–H and O–H groups in total. The van der Waals surface area contributed by atoms with Crippen molar-refractivity contribution in [3.63, 3.8) is 0 Å². The number of morpholine rings is 1. The number of amides is 2. The Bertz CT molecular complexity index is 779. The smallest absolute Gasteiger partial charge is 0.225 e. The van der Waals surface area contributed by atoms with Crippen molar-refractivity contribution in [2.24, 2.45) is 5.92 Å². The van der Waals surface area contributed by atoms with E-state index in [0.717, 1.165) is 31.5 Å². The van der Waals surface area contributed by atoms with Crippen LogP contribution in [0.3, 0.4) is 0 Å². The molecule has 31 heavy (non-hydrogen) atoms. The standard InChI is InChI=1S/C24H35ClN2O4/c1-18(2)13-22(28)27-11-12-31-24(16-27,15-23(29)26-9-5-4-6-10-26)17-30-20-7-8-21(25)19(3)14-20/h7-8,14,18H,4-6,9-13,15-17H2,1-3H3. The van der Waals surface area contributed by atoms with Gasteiger partial charge in [0, 0.05) is 31.1 Å². The number of halogens is 1. The molecule has 1 aromatic rings. The largest absolute Gasteiger partial charge is 0.490 e. The fraction of sp³-hybridized carbons (Fsp3) is 0.667. The normalized spacial score (nSPS) is 22.0. The Kier molecular flexibility index (Phi) is 8.23. The molecule has 0 bridgehead atoms. The molecule has 2 aliphatic heterocycles. The molecule has 2 heterocycles. The minimum absolute atomic E-state index is 0.0775. The molecule has 2 fully saturated rings. The van der Waals surface area contributed by atoms with Gasteiger partial charge in [0.15, 0.2) is 0 Å². The maximum Gasteiger partial charge on any atom is 0.225 e. The van der Waals surface area contributed by atoms with Gasteiger partial charge in [-0.1, -0.05) is 25.4 Å². The summed E-state index contributed by atoms with van der Waals surface area (Å²) < 4.78 is 12.3. The van der Waals surface area contributed by atoms with Crippen LogP contribution in [0, 0.1) is 12.8 Å². The van der Waals surface area contributed by atoms with Gasteiger partial charge in [0.2, 0.25) is 11.8 Å². The van der Waals surface area contributed by atoms with Crippen LogP contribution in [0.1, 0.15) is 51.5 Å². The molecule has 7 heteroatoms. The van der Waals surface area contributed by atoms with Gasteiger partial charge in [-0.2, -0.15) is 0 Å². The fourth-order valence-corrected chi connectivity index (χ4v) is 4.35. The van der Waals surface area contributed by atoms with Gasteiger partial charge in [0.25, 0.3) is 0 Å². The quantitative estimate of drug-likeness (QED) is 0.628. The van der Waals surface area contributed by atoms with Crippen molar-refractivity contribution < 1.29 is 19.1 Å². The van der Waals surface area contributed by atoms with Gasteiger partial charge in [-0.15, -0.1) is 0 Å². The number of hydrogen-bond acceptors (Lipinski definition) is 4. The highest BCUT2D eigenvalue weighted by molar-refractivity contribution is 6.31. The Hall–Kier alpha value is -1.79. The van der Waals surface area contributed by atoms with Crippen LogP contribution in [-0.4, -0.2) is 66.6 Å². The van der Waals surface area contributed by atoms with E-state index in [9.17, 15) is 9.59 Å². The number of carbonyl (C=O) groups excluding carboxylic acids is 2. The zero-order chi connectivity index (χ0) is 22.4. The summed E-state index contributed by atoms with van der Waals surface area (Å²) in [6, 6.07) is 5.50. The second kappa shape index (κ2) is 10.7. The van der Waals surface area contributed by atoms with Crippen molar-refractivity contribution in [2.45, 2.75) is 58.5 Å². The van der Waals surface area contributed by atoms with E-state index in [1.54, 1.807) is 6.07 Å². The van der Waals surface area contributed by atoms with Gasteiger partial charge in [-0.05, 0) is 55.9 Å². The van der Waals surface area contributed by atoms with Gasteiger partial charge >= 0.3 is 0 Å². The van der Waals surface area contributed by atoms with Crippen molar-refractivity contribution in [2.75, 3.05) is 39.4 Å². The maximum atomic E-state index is 13.1. The number of hydrogen-bond donors (Lipinski definition) is 0. The van der Waals surface area contributed by atoms with E-state index in [0.29, 0.717) is 36.9 Å². The molecule has 0 saturated carbocycles. The van der Waals surface area contributed by atoms with Crippen LogP contribution in [0.4, 0.5) is 0 Å². The van der Waals surface area contributed by atoms with Crippen LogP contribution < -0.4 is 4.74 Å². The number of piperidine rings is 1. The number of rotatable bonds is 7. The SMILES string of the molecule is Cc1cc(OCC2(CC(=O)N3CCCCC3)CN(C(=O)CC(C)C)CCO2)ccc1Cl. The second-order valence-corrected chi connectivity index (χ2v) is 9.67. The van der Waals surface area contributed by atoms with E-state index in [1.807, 2.05) is 42.7 Å². The molecule has 3 rings (SSSR count). The van der Waals surface area contributed by atoms with E-state index in [2.05, 4.69) is 0 Å². The van der Waals surface area contributed by atoms with Gasteiger partial charge in [0.1, 0.15) is 18.0 Å². The summed E-state index contributed by atoms with van der Waals surface area (Å²) in [6.07, 6.45) is 3.96. The molecular weight excluding hydrogens is 416 g/mol. The Morgan fingerprint density at radius 2 is 1.87 bits per heavy atom. The first kappa shape index (κ1) is 23.9. The molecule has 2 amide bonds. The highest BCUT2D eigenvalue weighted by Gasteiger charge is 2.42. The molecule has 0 radical (unpaired) electrons. The average molecular weight is 451 g/mol. The molecule has 1 atom stereocenters. The zero-order valence-corrected chi connectivity index (χ0v) is 19.7. The molecule has 1 aromatic carbocycles. The molecule has 2 aliphatic rings. The average Bonchev–Trinajstić information content (AvgIpc) is 2.75. The highest BCUT2D eigenvalue weighted by atomic mass is 35.5. The minimum Gasteiger partial charge on any atom is -0.490 e. The first-order chi connectivity index (χ1) is 14.8. The number of carbonyl (C=O) groups is 2. The lowest BCUT2D eigenvalue weighted by molar-refractivity contribution is -0.166. The Morgan fingerprint density at radius 1 is 1.13 bits per heavy atom. The van der Waals surface area contributed by atoms with Crippen LogP contribution in [0.15, 0.2) is 18.2 Å². The lowest BCUT2D eigenvalue weighted by Gasteiger charge is -2.43. The maximum absolute atomic E-state index is 13.1. The summed E-state index contributed by atoms with van der Waals surface area (Å²) >= 11 is 6.13. The number of nitrogens with zero attached hydrogens (tertiary/aromatic N) is 2. The third-order valence-corrected chi connectivity index (χ3v) is 6.42. The molecular formula is C24H35ClN2O4. The fourth-order valence-electron chi connectivity index (χ4n) is 4.23. The predicted octanol–water partition coefficient (Wildman–Crippen LogP) is 4.07. The molecule has 6 nitrogen and oxygen atoms in total. The van der Waals surface area contributed by atoms with E-state index in [-0.39, 0.29) is 30.8 Å². The third kappa shape index (κ3) is 6.59. The molecule has 1 unspecified atom stereocenters. The lowest BCUT2D eigenvalue weighted by Crippen LogP contribution is -2.58. The first-order valence-corrected chi connectivity index (χ1v) is 11.7. The highest BCUT2D eigenvalue weighted by Crippen LogP contribution is 2.28. The van der Waals surface area contributed by atoms with Crippen molar-refractivity contribution in [3.8, 4) is 5.75 Å². The Labute approximate surface area is 190 Å². The van der Waals surface area contributed by atoms with Gasteiger partial charge < -0.3 is 19.3 Å². The van der Waals surface area contributed by atoms with Crippen molar-refractivity contribution in [1.29, 1.82) is 0 Å². The minimum atomic E-state index is -0.854. The van der Waals surface area contributed by atoms with Crippen molar-refractivity contribution >= 4 is 23.4 Å². The van der Waals surface area contributed by atoms with Crippen molar-refractivity contribution in [1.82, 2.24) is 9.80 Å². The molecule has 0 aromatic heterocycles.